The van der Waals surface area contributed by atoms with Crippen LogP contribution in [0, 0.1) is 0 Å². The van der Waals surface area contributed by atoms with E-state index in [1.54, 1.807) is 0 Å². The molecular formula is C19H32N2O2. The third-order valence-electron chi connectivity index (χ3n) is 3.97. The van der Waals surface area contributed by atoms with Gasteiger partial charge in [0.15, 0.2) is 0 Å². The van der Waals surface area contributed by atoms with Crippen molar-refractivity contribution in [2.24, 2.45) is 0 Å². The third kappa shape index (κ3) is 6.93. The van der Waals surface area contributed by atoms with E-state index < -0.39 is 0 Å². The molecule has 2 N–H and O–H groups in total. The van der Waals surface area contributed by atoms with Crippen LogP contribution in [0.3, 0.4) is 0 Å². The number of anilines is 1. The summed E-state index contributed by atoms with van der Waals surface area (Å²) >= 11 is 0. The summed E-state index contributed by atoms with van der Waals surface area (Å²) in [5.41, 5.74) is 7.79. The van der Waals surface area contributed by atoms with Gasteiger partial charge in [0.2, 0.25) is 5.91 Å². The van der Waals surface area contributed by atoms with Gasteiger partial charge in [-0.2, -0.15) is 0 Å². The fourth-order valence-electron chi connectivity index (χ4n) is 2.43. The van der Waals surface area contributed by atoms with Crippen molar-refractivity contribution in [2.75, 3.05) is 25.4 Å². The lowest BCUT2D eigenvalue weighted by Crippen LogP contribution is -2.31. The van der Waals surface area contributed by atoms with Gasteiger partial charge in [-0.05, 0) is 43.9 Å². The largest absolute Gasteiger partial charge is 0.491 e. The molecule has 1 amide bonds. The van der Waals surface area contributed by atoms with Crippen LogP contribution in [0.25, 0.3) is 0 Å². The maximum Gasteiger partial charge on any atom is 0.222 e. The molecule has 1 aromatic rings. The van der Waals surface area contributed by atoms with Crippen LogP contribution in [0.15, 0.2) is 18.2 Å². The molecule has 0 atom stereocenters. The molecule has 0 fully saturated rings. The van der Waals surface area contributed by atoms with Crippen molar-refractivity contribution >= 4 is 11.6 Å². The number of hydrogen-bond donors (Lipinski definition) is 1. The summed E-state index contributed by atoms with van der Waals surface area (Å²) in [7, 11) is 0. The molecule has 0 spiro atoms. The Morgan fingerprint density at radius 2 is 1.91 bits per heavy atom. The lowest BCUT2D eigenvalue weighted by atomic mass is 10.1. The zero-order valence-electron chi connectivity index (χ0n) is 14.9. The zero-order valence-corrected chi connectivity index (χ0v) is 14.9. The van der Waals surface area contributed by atoms with Gasteiger partial charge in [0.05, 0.1) is 12.3 Å². The molecule has 1 rings (SSSR count). The Bertz CT molecular complexity index is 474. The number of rotatable bonds is 11. The van der Waals surface area contributed by atoms with Crippen LogP contribution in [-0.2, 0) is 11.2 Å². The standard InChI is InChI=1S/C19H32N2O2/c1-4-7-13-21(6-3)19(22)12-10-16-9-11-18(17(20)15-16)23-14-8-5-2/h9,11,15H,4-8,10,12-14,20H2,1-3H3. The monoisotopic (exact) mass is 320 g/mol. The highest BCUT2D eigenvalue weighted by atomic mass is 16.5. The van der Waals surface area contributed by atoms with E-state index >= 15 is 0 Å². The predicted molar refractivity (Wildman–Crippen MR) is 96.7 cm³/mol. The first kappa shape index (κ1) is 19.3. The number of nitrogens with two attached hydrogens (primary N) is 1. The molecule has 0 aliphatic rings. The second-order valence-corrected chi connectivity index (χ2v) is 5.90. The number of benzene rings is 1. The van der Waals surface area contributed by atoms with E-state index in [2.05, 4.69) is 13.8 Å². The van der Waals surface area contributed by atoms with E-state index in [-0.39, 0.29) is 5.91 Å². The number of nitrogens with zero attached hydrogens (tertiary/aromatic N) is 1. The Morgan fingerprint density at radius 3 is 2.52 bits per heavy atom. The molecule has 1 aromatic carbocycles. The molecule has 0 bridgehead atoms. The summed E-state index contributed by atoms with van der Waals surface area (Å²) in [6.07, 6.45) is 5.57. The van der Waals surface area contributed by atoms with E-state index in [0.717, 1.165) is 56.5 Å². The first-order valence-electron chi connectivity index (χ1n) is 8.91. The van der Waals surface area contributed by atoms with Gasteiger partial charge < -0.3 is 15.4 Å². The number of amides is 1. The van der Waals surface area contributed by atoms with Gasteiger partial charge in [-0.25, -0.2) is 0 Å². The lowest BCUT2D eigenvalue weighted by Gasteiger charge is -2.20. The average Bonchev–Trinajstić information content (AvgIpc) is 2.55. The summed E-state index contributed by atoms with van der Waals surface area (Å²) in [6.45, 7) is 8.65. The fraction of sp³-hybridized carbons (Fsp3) is 0.632. The molecule has 0 saturated carbocycles. The van der Waals surface area contributed by atoms with Crippen LogP contribution >= 0.6 is 0 Å². The van der Waals surface area contributed by atoms with Crippen molar-refractivity contribution in [3.8, 4) is 5.75 Å². The average molecular weight is 320 g/mol. The highest BCUT2D eigenvalue weighted by Gasteiger charge is 2.11. The van der Waals surface area contributed by atoms with Crippen LogP contribution in [0.2, 0.25) is 0 Å². The molecular weight excluding hydrogens is 288 g/mol. The number of aryl methyl sites for hydroxylation is 1. The summed E-state index contributed by atoms with van der Waals surface area (Å²) in [6, 6.07) is 5.85. The topological polar surface area (TPSA) is 55.6 Å². The fourth-order valence-corrected chi connectivity index (χ4v) is 2.43. The van der Waals surface area contributed by atoms with Crippen molar-refractivity contribution in [2.45, 2.75) is 59.3 Å². The maximum atomic E-state index is 12.2. The number of hydrogen-bond acceptors (Lipinski definition) is 3. The predicted octanol–water partition coefficient (Wildman–Crippen LogP) is 4.03. The molecule has 0 aliphatic heterocycles. The molecule has 130 valence electrons. The zero-order chi connectivity index (χ0) is 17.1. The third-order valence-corrected chi connectivity index (χ3v) is 3.97. The van der Waals surface area contributed by atoms with Crippen LogP contribution in [0.4, 0.5) is 5.69 Å². The van der Waals surface area contributed by atoms with Crippen molar-refractivity contribution < 1.29 is 9.53 Å². The molecule has 0 aromatic heterocycles. The normalized spacial score (nSPS) is 10.6. The second kappa shape index (κ2) is 10.9. The van der Waals surface area contributed by atoms with E-state index in [9.17, 15) is 4.79 Å². The van der Waals surface area contributed by atoms with Crippen LogP contribution < -0.4 is 10.5 Å². The molecule has 0 radical (unpaired) electrons. The molecule has 4 heteroatoms. The highest BCUT2D eigenvalue weighted by molar-refractivity contribution is 5.76. The first-order valence-corrected chi connectivity index (χ1v) is 8.91. The van der Waals surface area contributed by atoms with Crippen molar-refractivity contribution in [3.63, 3.8) is 0 Å². The van der Waals surface area contributed by atoms with E-state index in [1.165, 1.54) is 0 Å². The van der Waals surface area contributed by atoms with Gasteiger partial charge in [0, 0.05) is 19.5 Å². The van der Waals surface area contributed by atoms with E-state index in [1.807, 2.05) is 30.0 Å². The Morgan fingerprint density at radius 1 is 1.17 bits per heavy atom. The number of carbonyl (C=O) groups excluding carboxylic acids is 1. The number of nitrogen functional groups attached to an aromatic ring is 1. The Kier molecular flexibility index (Phi) is 9.18. The van der Waals surface area contributed by atoms with Crippen LogP contribution in [-0.4, -0.2) is 30.5 Å². The molecule has 0 heterocycles. The molecule has 0 unspecified atom stereocenters. The minimum absolute atomic E-state index is 0.225. The smallest absolute Gasteiger partial charge is 0.222 e. The van der Waals surface area contributed by atoms with Crippen LogP contribution in [0.5, 0.6) is 5.75 Å². The quantitative estimate of drug-likeness (QED) is 0.495. The van der Waals surface area contributed by atoms with Gasteiger partial charge in [0.25, 0.3) is 0 Å². The minimum atomic E-state index is 0.225. The first-order chi connectivity index (χ1) is 11.1. The van der Waals surface area contributed by atoms with Gasteiger partial charge in [0.1, 0.15) is 5.75 Å². The summed E-state index contributed by atoms with van der Waals surface area (Å²) in [5, 5.41) is 0. The van der Waals surface area contributed by atoms with Gasteiger partial charge in [-0.15, -0.1) is 0 Å². The summed E-state index contributed by atoms with van der Waals surface area (Å²) in [5.74, 6) is 0.967. The SMILES string of the molecule is CCCCOc1ccc(CCC(=O)N(CC)CCCC)cc1N. The number of carbonyl (C=O) groups is 1. The second-order valence-electron chi connectivity index (χ2n) is 5.90. The number of ether oxygens (including phenoxy) is 1. The molecule has 0 aliphatic carbocycles. The molecule has 23 heavy (non-hydrogen) atoms. The summed E-state index contributed by atoms with van der Waals surface area (Å²) in [4.78, 5) is 14.2. The van der Waals surface area contributed by atoms with Gasteiger partial charge >= 0.3 is 0 Å². The van der Waals surface area contributed by atoms with Crippen molar-refractivity contribution in [1.82, 2.24) is 4.90 Å². The molecule has 4 nitrogen and oxygen atoms in total. The van der Waals surface area contributed by atoms with Gasteiger partial charge in [-0.1, -0.05) is 32.8 Å². The van der Waals surface area contributed by atoms with Crippen molar-refractivity contribution in [1.29, 1.82) is 0 Å². The molecule has 0 saturated heterocycles. The Labute approximate surface area is 141 Å². The van der Waals surface area contributed by atoms with E-state index in [4.69, 9.17) is 10.5 Å². The highest BCUT2D eigenvalue weighted by Crippen LogP contribution is 2.23. The Hall–Kier alpha value is -1.71. The van der Waals surface area contributed by atoms with Crippen molar-refractivity contribution in [3.05, 3.63) is 23.8 Å². The minimum Gasteiger partial charge on any atom is -0.491 e. The number of unbranched alkanes of at least 4 members (excludes halogenated alkanes) is 2. The van der Waals surface area contributed by atoms with E-state index in [0.29, 0.717) is 18.7 Å². The van der Waals surface area contributed by atoms with Crippen LogP contribution in [0.1, 0.15) is 58.4 Å². The maximum absolute atomic E-state index is 12.2. The lowest BCUT2D eigenvalue weighted by molar-refractivity contribution is -0.131. The Balaban J connectivity index is 2.50. The van der Waals surface area contributed by atoms with Gasteiger partial charge in [-0.3, -0.25) is 4.79 Å². The summed E-state index contributed by atoms with van der Waals surface area (Å²) < 4.78 is 5.66.